The van der Waals surface area contributed by atoms with Gasteiger partial charge in [-0.15, -0.1) is 6.58 Å². The Morgan fingerprint density at radius 3 is 2.44 bits per heavy atom. The van der Waals surface area contributed by atoms with E-state index in [-0.39, 0.29) is 23.8 Å². The lowest BCUT2D eigenvalue weighted by Gasteiger charge is -2.35. The fraction of sp³-hybridized carbons (Fsp3) is 0.720. The van der Waals surface area contributed by atoms with Crippen molar-refractivity contribution in [2.24, 2.45) is 27.7 Å². The molecule has 0 radical (unpaired) electrons. The number of piperidine rings is 1. The number of Topliss-reactive ketones (excluding diaryl/α,β-unsaturated/α-hetero) is 1. The molecule has 3 amide bonds. The highest BCUT2D eigenvalue weighted by Gasteiger charge is 2.69. The second-order valence-electron chi connectivity index (χ2n) is 10.9. The maximum absolute atomic E-state index is 13.5. The lowest BCUT2D eigenvalue weighted by Crippen LogP contribution is -2.57. The normalized spacial score (nSPS) is 24.2. The summed E-state index contributed by atoms with van der Waals surface area (Å²) in [5.41, 5.74) is -0.769. The van der Waals surface area contributed by atoms with Crippen molar-refractivity contribution in [3.8, 4) is 0 Å². The van der Waals surface area contributed by atoms with Crippen LogP contribution in [0, 0.1) is 22.7 Å². The minimum absolute atomic E-state index is 0.0752. The van der Waals surface area contributed by atoms with Gasteiger partial charge < -0.3 is 15.5 Å². The zero-order chi connectivity index (χ0) is 25.8. The lowest BCUT2D eigenvalue weighted by molar-refractivity contribution is -0.144. The Morgan fingerprint density at radius 1 is 1.26 bits per heavy atom. The molecule has 2 fully saturated rings. The summed E-state index contributed by atoms with van der Waals surface area (Å²) in [4.78, 5) is 68.2. The predicted octanol–water partition coefficient (Wildman–Crippen LogP) is 1.77. The van der Waals surface area contributed by atoms with Crippen LogP contribution in [0.4, 0.5) is 0 Å². The summed E-state index contributed by atoms with van der Waals surface area (Å²) >= 11 is 0. The van der Waals surface area contributed by atoms with Crippen molar-refractivity contribution in [2.75, 3.05) is 13.1 Å². The minimum Gasteiger partial charge on any atom is -0.346 e. The zero-order valence-corrected chi connectivity index (χ0v) is 21.1. The molecule has 9 nitrogen and oxygen atoms in total. The van der Waals surface area contributed by atoms with E-state index in [2.05, 4.69) is 36.1 Å². The fourth-order valence-corrected chi connectivity index (χ4v) is 4.99. The first kappa shape index (κ1) is 27.4. The molecule has 0 spiro atoms. The molecule has 0 aromatic rings. The number of nitrogens with zero attached hydrogens (tertiary/aromatic N) is 2. The van der Waals surface area contributed by atoms with Gasteiger partial charge in [-0.3, -0.25) is 19.2 Å². The molecule has 0 aromatic carbocycles. The van der Waals surface area contributed by atoms with Gasteiger partial charge in [0.25, 0.3) is 5.91 Å². The van der Waals surface area contributed by atoms with Crippen molar-refractivity contribution in [3.05, 3.63) is 12.7 Å². The van der Waals surface area contributed by atoms with Gasteiger partial charge in [0.05, 0.1) is 6.04 Å². The number of likely N-dealkylation sites (tertiary alicyclic amines) is 1. The molecule has 2 aliphatic rings. The van der Waals surface area contributed by atoms with E-state index in [9.17, 15) is 24.0 Å². The van der Waals surface area contributed by atoms with Crippen LogP contribution in [-0.2, 0) is 24.0 Å². The Balaban J connectivity index is 2.29. The maximum Gasteiger partial charge on any atom is 0.289 e. The van der Waals surface area contributed by atoms with Crippen LogP contribution in [0.25, 0.3) is 0 Å². The van der Waals surface area contributed by atoms with Gasteiger partial charge >= 0.3 is 0 Å². The van der Waals surface area contributed by atoms with Crippen molar-refractivity contribution < 1.29 is 24.0 Å². The van der Waals surface area contributed by atoms with E-state index in [1.807, 2.05) is 6.92 Å². The molecular weight excluding hydrogens is 436 g/mol. The highest BCUT2D eigenvalue weighted by atomic mass is 16.2. The molecule has 1 aliphatic heterocycles. The summed E-state index contributed by atoms with van der Waals surface area (Å²) in [7, 11) is 0. The first-order valence-electron chi connectivity index (χ1n) is 11.9. The molecule has 1 aliphatic carbocycles. The quantitative estimate of drug-likeness (QED) is 0.204. The Morgan fingerprint density at radius 2 is 1.91 bits per heavy atom. The number of aliphatic imine (C=N–C) groups is 1. The van der Waals surface area contributed by atoms with Gasteiger partial charge in [0.1, 0.15) is 12.1 Å². The van der Waals surface area contributed by atoms with E-state index in [0.29, 0.717) is 19.4 Å². The molecule has 1 unspecified atom stereocenters. The number of isocyanates is 1. The van der Waals surface area contributed by atoms with Crippen LogP contribution in [0.1, 0.15) is 60.8 Å². The molecule has 1 saturated heterocycles. The number of fused-ring (bicyclic) bond motifs is 1. The molecule has 9 heteroatoms. The second-order valence-corrected chi connectivity index (χ2v) is 10.9. The van der Waals surface area contributed by atoms with Gasteiger partial charge in [0, 0.05) is 13.1 Å². The summed E-state index contributed by atoms with van der Waals surface area (Å²) < 4.78 is 0. The zero-order valence-electron chi connectivity index (χ0n) is 21.1. The van der Waals surface area contributed by atoms with Crippen LogP contribution >= 0.6 is 0 Å². The average Bonchev–Trinajstić information content (AvgIpc) is 3.11. The van der Waals surface area contributed by atoms with E-state index in [4.69, 9.17) is 0 Å². The standard InChI is InChI=1S/C25H38N4O5/c1-8-10-11-16(19(31)22(33)26-12-9-2)28-21(32)18-17-15(25(17,6)7)13-29(18)23(34)20(27-14-30)24(3,4)5/h9,15-18,20H,2,8,10-13H2,1,3-7H3,(H,26,33)(H,28,32)/t15-,16?,17-,18-,20-/m0/s1. The van der Waals surface area contributed by atoms with Gasteiger partial charge in [-0.1, -0.05) is 60.5 Å². The Hall–Kier alpha value is -2.80. The number of ketones is 1. The molecule has 2 rings (SSSR count). The van der Waals surface area contributed by atoms with Gasteiger partial charge in [0.2, 0.25) is 23.7 Å². The summed E-state index contributed by atoms with van der Waals surface area (Å²) in [5, 5.41) is 5.23. The third-order valence-electron chi connectivity index (χ3n) is 7.11. The van der Waals surface area contributed by atoms with Crippen LogP contribution in [-0.4, -0.2) is 65.7 Å². The van der Waals surface area contributed by atoms with Crippen LogP contribution in [0.5, 0.6) is 0 Å². The van der Waals surface area contributed by atoms with Gasteiger partial charge in [-0.2, -0.15) is 4.99 Å². The largest absolute Gasteiger partial charge is 0.346 e. The maximum atomic E-state index is 13.5. The summed E-state index contributed by atoms with van der Waals surface area (Å²) in [6.45, 7) is 15.5. The predicted molar refractivity (Wildman–Crippen MR) is 127 cm³/mol. The Labute approximate surface area is 201 Å². The van der Waals surface area contributed by atoms with Crippen molar-refractivity contribution in [3.63, 3.8) is 0 Å². The monoisotopic (exact) mass is 474 g/mol. The molecule has 0 aromatic heterocycles. The fourth-order valence-electron chi connectivity index (χ4n) is 4.99. The van der Waals surface area contributed by atoms with E-state index in [1.54, 1.807) is 20.8 Å². The number of hydrogen-bond acceptors (Lipinski definition) is 6. The minimum atomic E-state index is -0.985. The van der Waals surface area contributed by atoms with Gasteiger partial charge in [-0.25, -0.2) is 4.79 Å². The highest BCUT2D eigenvalue weighted by Crippen LogP contribution is 2.65. The number of amides is 3. The van der Waals surface area contributed by atoms with Crippen molar-refractivity contribution >= 4 is 29.6 Å². The third-order valence-corrected chi connectivity index (χ3v) is 7.11. The van der Waals surface area contributed by atoms with E-state index in [1.165, 1.54) is 17.1 Å². The average molecular weight is 475 g/mol. The lowest BCUT2D eigenvalue weighted by atomic mass is 9.85. The van der Waals surface area contributed by atoms with Crippen LogP contribution in [0.3, 0.4) is 0 Å². The third kappa shape index (κ3) is 5.63. The van der Waals surface area contributed by atoms with Crippen molar-refractivity contribution in [1.82, 2.24) is 15.5 Å². The van der Waals surface area contributed by atoms with E-state index < -0.39 is 47.0 Å². The smallest absolute Gasteiger partial charge is 0.289 e. The van der Waals surface area contributed by atoms with Crippen molar-refractivity contribution in [2.45, 2.75) is 78.9 Å². The first-order valence-corrected chi connectivity index (χ1v) is 11.9. The van der Waals surface area contributed by atoms with Crippen LogP contribution in [0.15, 0.2) is 17.6 Å². The molecule has 1 saturated carbocycles. The molecule has 2 N–H and O–H groups in total. The second kappa shape index (κ2) is 10.6. The number of rotatable bonds is 11. The number of nitrogens with one attached hydrogen (secondary N) is 2. The molecule has 1 heterocycles. The summed E-state index contributed by atoms with van der Waals surface area (Å²) in [6.07, 6.45) is 4.72. The van der Waals surface area contributed by atoms with Gasteiger partial charge in [0.15, 0.2) is 0 Å². The molecular formula is C25H38N4O5. The summed E-state index contributed by atoms with van der Waals surface area (Å²) in [5.74, 6) is -2.30. The number of carbonyl (C=O) groups excluding carboxylic acids is 5. The Kier molecular flexibility index (Phi) is 8.59. The van der Waals surface area contributed by atoms with Crippen molar-refractivity contribution in [1.29, 1.82) is 0 Å². The Bertz CT molecular complexity index is 884. The van der Waals surface area contributed by atoms with E-state index >= 15 is 0 Å². The number of carbonyl (C=O) groups is 4. The van der Waals surface area contributed by atoms with E-state index in [0.717, 1.165) is 6.42 Å². The number of unbranched alkanes of at least 4 members (excludes halogenated alkanes) is 1. The topological polar surface area (TPSA) is 125 Å². The SMILES string of the molecule is C=CCNC(=O)C(=O)C(CCCC)NC(=O)[C@@H]1[C@@H]2[C@H](CN1C(=O)[C@H](N=C=O)C(C)(C)C)C2(C)C. The first-order chi connectivity index (χ1) is 15.8. The molecule has 5 atom stereocenters. The highest BCUT2D eigenvalue weighted by molar-refractivity contribution is 6.38. The molecule has 0 bridgehead atoms. The summed E-state index contributed by atoms with van der Waals surface area (Å²) in [6, 6.07) is -2.75. The molecule has 34 heavy (non-hydrogen) atoms. The van der Waals surface area contributed by atoms with Crippen LogP contribution < -0.4 is 10.6 Å². The molecule has 188 valence electrons. The number of hydrogen-bond donors (Lipinski definition) is 2. The van der Waals surface area contributed by atoms with Crippen LogP contribution in [0.2, 0.25) is 0 Å². The van der Waals surface area contributed by atoms with Gasteiger partial charge in [-0.05, 0) is 29.1 Å².